The molecular weight excluding hydrogens is 354 g/mol. The highest BCUT2D eigenvalue weighted by molar-refractivity contribution is 5.92. The quantitative estimate of drug-likeness (QED) is 0.651. The maximum atomic E-state index is 12.1. The highest BCUT2D eigenvalue weighted by Gasteiger charge is 2.40. The number of primary amides is 1. The number of benzene rings is 1. The van der Waals surface area contributed by atoms with Gasteiger partial charge in [-0.1, -0.05) is 0 Å². The van der Waals surface area contributed by atoms with Crippen molar-refractivity contribution in [3.63, 3.8) is 0 Å². The van der Waals surface area contributed by atoms with Gasteiger partial charge in [0.2, 0.25) is 5.91 Å². The maximum Gasteiger partial charge on any atom is 0.325 e. The van der Waals surface area contributed by atoms with E-state index in [9.17, 15) is 24.6 Å². The summed E-state index contributed by atoms with van der Waals surface area (Å²) in [6, 6.07) is 3.26. The van der Waals surface area contributed by atoms with Crippen LogP contribution in [-0.4, -0.2) is 57.2 Å². The predicted octanol–water partition coefficient (Wildman–Crippen LogP) is 0.810. The Balaban J connectivity index is 2.18. The first-order valence-corrected chi connectivity index (χ1v) is 8.50. The Morgan fingerprint density at radius 2 is 2.07 bits per heavy atom. The number of nitrogens with two attached hydrogens (primary N) is 1. The van der Waals surface area contributed by atoms with Crippen LogP contribution in [0.5, 0.6) is 5.75 Å². The van der Waals surface area contributed by atoms with E-state index in [1.54, 1.807) is 23.1 Å². The average Bonchev–Trinajstić information content (AvgIpc) is 3.20. The monoisotopic (exact) mass is 375 g/mol. The third-order valence-electron chi connectivity index (χ3n) is 4.91. The Morgan fingerprint density at radius 3 is 2.67 bits per heavy atom. The van der Waals surface area contributed by atoms with E-state index >= 15 is 0 Å². The Hall–Kier alpha value is -3.07. The van der Waals surface area contributed by atoms with Gasteiger partial charge in [0.05, 0.1) is 13.2 Å². The zero-order chi connectivity index (χ0) is 19.7. The van der Waals surface area contributed by atoms with E-state index in [2.05, 4.69) is 0 Å². The van der Waals surface area contributed by atoms with Crippen LogP contribution in [0.2, 0.25) is 0 Å². The molecule has 1 aliphatic heterocycles. The first-order chi connectivity index (χ1) is 12.8. The number of aromatic nitrogens is 1. The molecular formula is C18H21N3O6. The lowest BCUT2D eigenvalue weighted by Gasteiger charge is -2.28. The highest BCUT2D eigenvalue weighted by Crippen LogP contribution is 2.36. The fourth-order valence-corrected chi connectivity index (χ4v) is 3.78. The molecule has 0 saturated carbocycles. The second-order valence-electron chi connectivity index (χ2n) is 6.53. The van der Waals surface area contributed by atoms with E-state index in [0.717, 1.165) is 0 Å². The number of carbonyl (C=O) groups excluding carboxylic acids is 1. The number of nitrogens with zero attached hydrogens (tertiary/aromatic N) is 2. The predicted molar refractivity (Wildman–Crippen MR) is 95.4 cm³/mol. The summed E-state index contributed by atoms with van der Waals surface area (Å²) >= 11 is 0. The molecule has 3 rings (SSSR count). The number of rotatable bonds is 7. The van der Waals surface area contributed by atoms with Gasteiger partial charge in [0.15, 0.2) is 0 Å². The highest BCUT2D eigenvalue weighted by atomic mass is 16.5. The summed E-state index contributed by atoms with van der Waals surface area (Å²) in [6.45, 7) is 0.106. The van der Waals surface area contributed by atoms with Gasteiger partial charge in [-0.05, 0) is 31.0 Å². The summed E-state index contributed by atoms with van der Waals surface area (Å²) in [5.74, 6) is -2.21. The molecule has 27 heavy (non-hydrogen) atoms. The first kappa shape index (κ1) is 18.7. The van der Waals surface area contributed by atoms with Crippen molar-refractivity contribution in [3.8, 4) is 5.75 Å². The van der Waals surface area contributed by atoms with E-state index in [1.165, 1.54) is 17.9 Å². The topological polar surface area (TPSA) is 135 Å². The minimum Gasteiger partial charge on any atom is -0.497 e. The molecule has 2 heterocycles. The number of fused-ring (bicyclic) bond motifs is 1. The maximum absolute atomic E-state index is 12.1. The van der Waals surface area contributed by atoms with E-state index in [1.807, 2.05) is 0 Å². The van der Waals surface area contributed by atoms with Gasteiger partial charge in [-0.15, -0.1) is 0 Å². The molecule has 1 saturated heterocycles. The zero-order valence-electron chi connectivity index (χ0n) is 14.8. The first-order valence-electron chi connectivity index (χ1n) is 8.50. The molecule has 2 aromatic rings. The molecule has 4 N–H and O–H groups in total. The summed E-state index contributed by atoms with van der Waals surface area (Å²) in [5, 5.41) is 19.7. The van der Waals surface area contributed by atoms with Crippen LogP contribution in [0.15, 0.2) is 24.4 Å². The number of carbonyl (C=O) groups is 3. The summed E-state index contributed by atoms with van der Waals surface area (Å²) in [4.78, 5) is 36.7. The largest absolute Gasteiger partial charge is 0.497 e. The van der Waals surface area contributed by atoms with Gasteiger partial charge in [0.25, 0.3) is 0 Å². The van der Waals surface area contributed by atoms with Crippen molar-refractivity contribution in [3.05, 3.63) is 30.0 Å². The number of carboxylic acid groups (broad SMARTS) is 2. The second-order valence-corrected chi connectivity index (χ2v) is 6.53. The molecule has 9 nitrogen and oxygen atoms in total. The third kappa shape index (κ3) is 3.45. The molecule has 0 radical (unpaired) electrons. The van der Waals surface area contributed by atoms with Crippen molar-refractivity contribution in [1.29, 1.82) is 0 Å². The normalized spacial score (nSPS) is 18.5. The molecule has 144 valence electrons. The van der Waals surface area contributed by atoms with Crippen LogP contribution in [0.4, 0.5) is 0 Å². The Morgan fingerprint density at radius 1 is 1.33 bits per heavy atom. The fourth-order valence-electron chi connectivity index (χ4n) is 3.78. The van der Waals surface area contributed by atoms with Crippen LogP contribution in [0.1, 0.15) is 24.4 Å². The molecule has 1 aromatic carbocycles. The van der Waals surface area contributed by atoms with E-state index in [-0.39, 0.29) is 6.54 Å². The van der Waals surface area contributed by atoms with Crippen LogP contribution >= 0.6 is 0 Å². The van der Waals surface area contributed by atoms with Crippen molar-refractivity contribution in [1.82, 2.24) is 9.47 Å². The number of aliphatic carboxylic acids is 2. The van der Waals surface area contributed by atoms with Crippen molar-refractivity contribution in [2.75, 3.05) is 13.7 Å². The number of hydrogen-bond donors (Lipinski definition) is 3. The lowest BCUT2D eigenvalue weighted by molar-refractivity contribution is -0.144. The smallest absolute Gasteiger partial charge is 0.325 e. The number of ether oxygens (including phenoxy) is 1. The molecule has 1 aliphatic rings. The molecule has 9 heteroatoms. The van der Waals surface area contributed by atoms with Crippen molar-refractivity contribution in [2.45, 2.75) is 31.5 Å². The molecule has 0 aliphatic carbocycles. The van der Waals surface area contributed by atoms with Gasteiger partial charge in [0, 0.05) is 29.2 Å². The summed E-state index contributed by atoms with van der Waals surface area (Å²) in [7, 11) is 1.49. The summed E-state index contributed by atoms with van der Waals surface area (Å²) < 4.78 is 6.72. The van der Waals surface area contributed by atoms with E-state index in [0.29, 0.717) is 41.6 Å². The van der Waals surface area contributed by atoms with E-state index < -0.39 is 29.9 Å². The van der Waals surface area contributed by atoms with Crippen molar-refractivity contribution >= 4 is 28.7 Å². The lowest BCUT2D eigenvalue weighted by atomic mass is 10.0. The van der Waals surface area contributed by atoms with Gasteiger partial charge < -0.3 is 25.3 Å². The molecule has 2 atom stereocenters. The number of methoxy groups -OCH3 is 1. The number of likely N-dealkylation sites (tertiary alicyclic amines) is 1. The average molecular weight is 375 g/mol. The van der Waals surface area contributed by atoms with Crippen molar-refractivity contribution in [2.24, 2.45) is 5.73 Å². The van der Waals surface area contributed by atoms with Crippen LogP contribution in [0.3, 0.4) is 0 Å². The molecule has 0 bridgehead atoms. The van der Waals surface area contributed by atoms with Gasteiger partial charge in [-0.25, -0.2) is 0 Å². The summed E-state index contributed by atoms with van der Waals surface area (Å²) in [5.41, 5.74) is 6.44. The molecule has 0 spiro atoms. The van der Waals surface area contributed by atoms with Crippen LogP contribution in [0.25, 0.3) is 10.9 Å². The minimum absolute atomic E-state index is 0.311. The van der Waals surface area contributed by atoms with E-state index in [4.69, 9.17) is 10.5 Å². The minimum atomic E-state index is -1.12. The van der Waals surface area contributed by atoms with Crippen LogP contribution in [-0.2, 0) is 20.9 Å². The van der Waals surface area contributed by atoms with Crippen LogP contribution in [0, 0.1) is 0 Å². The number of hydrogen-bond acceptors (Lipinski definition) is 5. The zero-order valence-corrected chi connectivity index (χ0v) is 14.8. The molecule has 1 aromatic heterocycles. The molecule has 1 fully saturated rings. The molecule has 1 amide bonds. The van der Waals surface area contributed by atoms with Gasteiger partial charge >= 0.3 is 11.9 Å². The lowest BCUT2D eigenvalue weighted by Crippen LogP contribution is -2.44. The van der Waals surface area contributed by atoms with Gasteiger partial charge in [-0.3, -0.25) is 19.3 Å². The van der Waals surface area contributed by atoms with Gasteiger partial charge in [0.1, 0.15) is 18.3 Å². The number of carboxylic acids is 2. The number of amides is 1. The Bertz CT molecular complexity index is 906. The SMILES string of the molecule is COc1ccc2c(c1)c(C(C(=O)O)N1CCC[C@H]1C(N)=O)cn2CC(=O)O. The second kappa shape index (κ2) is 7.28. The third-order valence-corrected chi connectivity index (χ3v) is 4.91. The van der Waals surface area contributed by atoms with Crippen LogP contribution < -0.4 is 10.5 Å². The Kier molecular flexibility index (Phi) is 5.04. The summed E-state index contributed by atoms with van der Waals surface area (Å²) in [6.07, 6.45) is 2.68. The fraction of sp³-hybridized carbons (Fsp3) is 0.389. The molecule has 1 unspecified atom stereocenters. The standard InChI is InChI=1S/C18H21N3O6/c1-27-10-4-5-13-11(7-10)12(8-20(13)9-15(22)23)16(18(25)26)21-6-2-3-14(21)17(19)24/h4-5,7-8,14,16H,2-3,6,9H2,1H3,(H2,19,24)(H,22,23)(H,25,26)/t14-,16?/m0/s1. The van der Waals surface area contributed by atoms with Crippen molar-refractivity contribution < 1.29 is 29.3 Å². The Labute approximate surface area is 154 Å². The van der Waals surface area contributed by atoms with Gasteiger partial charge in [-0.2, -0.15) is 0 Å².